The van der Waals surface area contributed by atoms with Crippen LogP contribution < -0.4 is 0 Å². The molecule has 0 unspecified atom stereocenters. The minimum absolute atomic E-state index is 0.300. The average Bonchev–Trinajstić information content (AvgIpc) is 4.07. The Hall–Kier alpha value is -8.84. The van der Waals surface area contributed by atoms with E-state index < -0.39 is 0 Å². The molecule has 0 aliphatic carbocycles. The molecule has 0 saturated carbocycles. The fourth-order valence-corrected chi connectivity index (χ4v) is 10.1. The molecule has 0 aliphatic rings. The summed E-state index contributed by atoms with van der Waals surface area (Å²) >= 11 is 0. The van der Waals surface area contributed by atoms with Gasteiger partial charge >= 0.3 is 0 Å². The minimum Gasteiger partial charge on any atom is -0.455 e. The van der Waals surface area contributed by atoms with Crippen molar-refractivity contribution in [3.05, 3.63) is 199 Å². The molecule has 286 valence electrons. The zero-order valence-electron chi connectivity index (χ0n) is 33.0. The number of hydrogen-bond acceptors (Lipinski definition) is 3. The van der Waals surface area contributed by atoms with Crippen LogP contribution in [0, 0.1) is 22.7 Å². The molecule has 0 fully saturated rings. The highest BCUT2D eigenvalue weighted by Crippen LogP contribution is 2.44. The van der Waals surface area contributed by atoms with Crippen molar-refractivity contribution >= 4 is 87.4 Å². The highest BCUT2D eigenvalue weighted by atomic mass is 16.3. The number of nitrogens with zero attached hydrogens (tertiary/aromatic N) is 5. The van der Waals surface area contributed by atoms with Crippen LogP contribution in [-0.2, 0) is 0 Å². The van der Waals surface area contributed by atoms with Crippen LogP contribution in [-0.4, -0.2) is 13.7 Å². The first-order chi connectivity index (χ1) is 30.7. The quantitative estimate of drug-likeness (QED) is 0.178. The molecule has 6 heteroatoms. The van der Waals surface area contributed by atoms with E-state index in [4.69, 9.17) is 4.42 Å². The SMILES string of the molecule is N#Cc1cc(-n2c3ccc(-n4c5ccccc5c5ccccc54)cc3c3c4oc5ccccc5c4ccc32)cc(-n2c3ccccc3c3cc(-c4ccccc4)ccc32)c1C#N. The predicted octanol–water partition coefficient (Wildman–Crippen LogP) is 14.3. The topological polar surface area (TPSA) is 75.5 Å². The summed E-state index contributed by atoms with van der Waals surface area (Å²) in [5.74, 6) is 0. The Balaban J connectivity index is 1.13. The van der Waals surface area contributed by atoms with Gasteiger partial charge in [0.05, 0.1) is 55.3 Å². The third-order valence-electron chi connectivity index (χ3n) is 12.7. The van der Waals surface area contributed by atoms with E-state index in [1.54, 1.807) is 0 Å². The van der Waals surface area contributed by atoms with E-state index in [1.807, 2.05) is 42.5 Å². The molecule has 0 aliphatic heterocycles. The van der Waals surface area contributed by atoms with Crippen LogP contribution in [0.2, 0.25) is 0 Å². The Morgan fingerprint density at radius 3 is 1.68 bits per heavy atom. The first kappa shape index (κ1) is 34.1. The van der Waals surface area contributed by atoms with Crippen LogP contribution in [0.3, 0.4) is 0 Å². The zero-order chi connectivity index (χ0) is 41.1. The van der Waals surface area contributed by atoms with Gasteiger partial charge in [-0.05, 0) is 90.0 Å². The summed E-state index contributed by atoms with van der Waals surface area (Å²) in [6.45, 7) is 0. The molecule has 13 aromatic rings. The number of furan rings is 1. The van der Waals surface area contributed by atoms with Gasteiger partial charge in [-0.2, -0.15) is 10.5 Å². The molecule has 0 atom stereocenters. The van der Waals surface area contributed by atoms with Gasteiger partial charge in [-0.1, -0.05) is 109 Å². The maximum Gasteiger partial charge on any atom is 0.145 e. The maximum atomic E-state index is 10.9. The summed E-state index contributed by atoms with van der Waals surface area (Å²) in [7, 11) is 0. The highest BCUT2D eigenvalue weighted by molar-refractivity contribution is 6.24. The second-order valence-corrected chi connectivity index (χ2v) is 15.9. The molecule has 9 aromatic carbocycles. The fraction of sp³-hybridized carbons (Fsp3) is 0. The van der Waals surface area contributed by atoms with Crippen molar-refractivity contribution in [2.24, 2.45) is 0 Å². The Morgan fingerprint density at radius 1 is 0.371 bits per heavy atom. The van der Waals surface area contributed by atoms with Gasteiger partial charge in [-0.3, -0.25) is 0 Å². The van der Waals surface area contributed by atoms with Gasteiger partial charge in [0.1, 0.15) is 23.3 Å². The lowest BCUT2D eigenvalue weighted by Gasteiger charge is -2.16. The number of nitriles is 2. The lowest BCUT2D eigenvalue weighted by atomic mass is 10.0. The molecule has 13 rings (SSSR count). The van der Waals surface area contributed by atoms with E-state index in [0.29, 0.717) is 16.8 Å². The molecule has 0 saturated heterocycles. The summed E-state index contributed by atoms with van der Waals surface area (Å²) in [6, 6.07) is 70.1. The van der Waals surface area contributed by atoms with Crippen molar-refractivity contribution in [2.45, 2.75) is 0 Å². The van der Waals surface area contributed by atoms with Crippen molar-refractivity contribution < 1.29 is 4.42 Å². The number of fused-ring (bicyclic) bond motifs is 13. The van der Waals surface area contributed by atoms with Crippen LogP contribution in [0.25, 0.3) is 116 Å². The Labute approximate surface area is 354 Å². The van der Waals surface area contributed by atoms with Gasteiger partial charge < -0.3 is 18.1 Å². The number of benzene rings is 9. The lowest BCUT2D eigenvalue weighted by Crippen LogP contribution is -2.04. The van der Waals surface area contributed by atoms with Gasteiger partial charge in [-0.25, -0.2) is 0 Å². The Morgan fingerprint density at radius 2 is 0.952 bits per heavy atom. The molecule has 6 nitrogen and oxygen atoms in total. The lowest BCUT2D eigenvalue weighted by molar-refractivity contribution is 0.673. The second-order valence-electron chi connectivity index (χ2n) is 15.9. The van der Waals surface area contributed by atoms with E-state index in [0.717, 1.165) is 99.1 Å². The highest BCUT2D eigenvalue weighted by Gasteiger charge is 2.24. The number of para-hydroxylation sites is 4. The van der Waals surface area contributed by atoms with E-state index in [2.05, 4.69) is 171 Å². The molecular formula is C56H31N5O. The van der Waals surface area contributed by atoms with Crippen LogP contribution >= 0.6 is 0 Å². The van der Waals surface area contributed by atoms with Gasteiger partial charge in [0, 0.05) is 49.1 Å². The first-order valence-electron chi connectivity index (χ1n) is 20.6. The summed E-state index contributed by atoms with van der Waals surface area (Å²) in [5, 5.41) is 30.3. The fourth-order valence-electron chi connectivity index (χ4n) is 10.1. The van der Waals surface area contributed by atoms with Crippen LogP contribution in [0.5, 0.6) is 0 Å². The van der Waals surface area contributed by atoms with E-state index in [1.165, 1.54) is 10.8 Å². The largest absolute Gasteiger partial charge is 0.455 e. The molecule has 62 heavy (non-hydrogen) atoms. The molecule has 0 bridgehead atoms. The first-order valence-corrected chi connectivity index (χ1v) is 20.6. The molecule has 4 heterocycles. The summed E-state index contributed by atoms with van der Waals surface area (Å²) < 4.78 is 13.5. The summed E-state index contributed by atoms with van der Waals surface area (Å²) in [6.07, 6.45) is 0. The van der Waals surface area contributed by atoms with Crippen molar-refractivity contribution in [3.8, 4) is 40.3 Å². The monoisotopic (exact) mass is 789 g/mol. The van der Waals surface area contributed by atoms with Gasteiger partial charge in [-0.15, -0.1) is 0 Å². The number of hydrogen-bond donors (Lipinski definition) is 0. The average molecular weight is 790 g/mol. The smallest absolute Gasteiger partial charge is 0.145 e. The summed E-state index contributed by atoms with van der Waals surface area (Å²) in [4.78, 5) is 0. The minimum atomic E-state index is 0.300. The normalized spacial score (nSPS) is 11.8. The van der Waals surface area contributed by atoms with E-state index >= 15 is 0 Å². The Bertz CT molecular complexity index is 4070. The standard InChI is InChI=1S/C56H31N5O/c57-32-36-28-38(31-53(46(36)33-58)61-49-20-10-6-16-41(49)44-29-35(22-25-50(44)61)34-12-2-1-3-13-34)60-51-26-23-37(59-47-18-8-4-14-39(47)40-15-5-9-19-48(40)59)30-45(51)55-52(60)27-24-43-42-17-7-11-21-54(42)62-56(43)55/h1-31H. The predicted molar refractivity (Wildman–Crippen MR) is 252 cm³/mol. The Kier molecular flexibility index (Phi) is 7.05. The van der Waals surface area contributed by atoms with Crippen LogP contribution in [0.15, 0.2) is 192 Å². The molecule has 0 radical (unpaired) electrons. The maximum absolute atomic E-state index is 10.9. The third-order valence-corrected chi connectivity index (χ3v) is 12.7. The zero-order valence-corrected chi connectivity index (χ0v) is 33.0. The van der Waals surface area contributed by atoms with Crippen LogP contribution in [0.1, 0.15) is 11.1 Å². The van der Waals surface area contributed by atoms with Crippen molar-refractivity contribution in [1.82, 2.24) is 13.7 Å². The molecule has 0 spiro atoms. The van der Waals surface area contributed by atoms with Crippen LogP contribution in [0.4, 0.5) is 0 Å². The summed E-state index contributed by atoms with van der Waals surface area (Å²) in [5.41, 5.74) is 13.0. The van der Waals surface area contributed by atoms with Gasteiger partial charge in [0.25, 0.3) is 0 Å². The van der Waals surface area contributed by atoms with Crippen molar-refractivity contribution in [3.63, 3.8) is 0 Å². The second kappa shape index (κ2) is 12.8. The third kappa shape index (κ3) is 4.66. The number of aromatic nitrogens is 3. The number of rotatable bonds is 4. The van der Waals surface area contributed by atoms with Crippen molar-refractivity contribution in [2.75, 3.05) is 0 Å². The molecular weight excluding hydrogens is 759 g/mol. The van der Waals surface area contributed by atoms with Gasteiger partial charge in [0.15, 0.2) is 0 Å². The molecule has 0 amide bonds. The van der Waals surface area contributed by atoms with E-state index in [-0.39, 0.29) is 0 Å². The van der Waals surface area contributed by atoms with Gasteiger partial charge in [0.2, 0.25) is 0 Å². The van der Waals surface area contributed by atoms with Crippen molar-refractivity contribution in [1.29, 1.82) is 10.5 Å². The molecule has 0 N–H and O–H groups in total. The van der Waals surface area contributed by atoms with E-state index in [9.17, 15) is 10.5 Å². The molecule has 4 aromatic heterocycles.